The Bertz CT molecular complexity index is 292. The molecule has 0 saturated carbocycles. The van der Waals surface area contributed by atoms with E-state index in [4.69, 9.17) is 4.84 Å². The van der Waals surface area contributed by atoms with Crippen LogP contribution in [-0.4, -0.2) is 6.21 Å². The highest BCUT2D eigenvalue weighted by molar-refractivity contribution is 5.52. The number of oxime groups is 1. The van der Waals surface area contributed by atoms with Crippen LogP contribution in [0.15, 0.2) is 23.4 Å². The molecule has 2 heteroatoms. The van der Waals surface area contributed by atoms with Gasteiger partial charge in [-0.25, -0.2) is 0 Å². The van der Waals surface area contributed by atoms with Crippen molar-refractivity contribution in [1.29, 1.82) is 0 Å². The van der Waals surface area contributed by atoms with Gasteiger partial charge in [0.25, 0.3) is 0 Å². The van der Waals surface area contributed by atoms with Crippen molar-refractivity contribution in [3.8, 4) is 5.75 Å². The van der Waals surface area contributed by atoms with Gasteiger partial charge in [-0.3, -0.25) is 0 Å². The van der Waals surface area contributed by atoms with Crippen molar-refractivity contribution in [2.45, 2.75) is 20.8 Å². The molecule has 2 nitrogen and oxygen atoms in total. The zero-order valence-corrected chi connectivity index (χ0v) is 7.66. The second kappa shape index (κ2) is 3.90. The van der Waals surface area contributed by atoms with Gasteiger partial charge in [0.05, 0.1) is 0 Å². The summed E-state index contributed by atoms with van der Waals surface area (Å²) in [6.07, 6.45) is 1.62. The smallest absolute Gasteiger partial charge is 0.158 e. The van der Waals surface area contributed by atoms with Gasteiger partial charge in [-0.15, -0.1) is 0 Å². The third kappa shape index (κ3) is 2.09. The molecule has 0 heterocycles. The Balaban J connectivity index is 2.82. The molecule has 0 spiro atoms. The molecule has 64 valence electrons. The molecule has 1 aromatic rings. The largest absolute Gasteiger partial charge is 0.357 e. The Morgan fingerprint density at radius 2 is 2.00 bits per heavy atom. The fraction of sp³-hybridized carbons (Fsp3) is 0.300. The summed E-state index contributed by atoms with van der Waals surface area (Å²) in [5, 5.41) is 3.69. The van der Waals surface area contributed by atoms with Gasteiger partial charge in [-0.05, 0) is 44.0 Å². The van der Waals surface area contributed by atoms with Gasteiger partial charge in [-0.2, -0.15) is 0 Å². The number of rotatable bonds is 2. The lowest BCUT2D eigenvalue weighted by atomic mass is 10.1. The van der Waals surface area contributed by atoms with E-state index in [2.05, 4.69) is 19.0 Å². The summed E-state index contributed by atoms with van der Waals surface area (Å²) in [5.41, 5.74) is 2.49. The van der Waals surface area contributed by atoms with Gasteiger partial charge in [-0.1, -0.05) is 11.2 Å². The number of hydrogen-bond acceptors (Lipinski definition) is 2. The maximum Gasteiger partial charge on any atom is 0.158 e. The molecule has 12 heavy (non-hydrogen) atoms. The molecular formula is C10H13NO. The van der Waals surface area contributed by atoms with Gasteiger partial charge in [0.1, 0.15) is 0 Å². The van der Waals surface area contributed by atoms with E-state index in [0.29, 0.717) is 0 Å². The first-order valence-electron chi connectivity index (χ1n) is 3.96. The Hall–Kier alpha value is -1.31. The van der Waals surface area contributed by atoms with Gasteiger partial charge < -0.3 is 4.84 Å². The number of aryl methyl sites for hydroxylation is 2. The molecule has 0 bridgehead atoms. The highest BCUT2D eigenvalue weighted by Crippen LogP contribution is 2.16. The predicted molar refractivity (Wildman–Crippen MR) is 50.7 cm³/mol. The van der Waals surface area contributed by atoms with E-state index in [1.165, 1.54) is 11.1 Å². The van der Waals surface area contributed by atoms with Gasteiger partial charge in [0.2, 0.25) is 0 Å². The first-order valence-corrected chi connectivity index (χ1v) is 3.96. The molecule has 0 amide bonds. The molecule has 0 aromatic heterocycles. The first kappa shape index (κ1) is 8.78. The van der Waals surface area contributed by atoms with E-state index in [1.807, 2.05) is 25.1 Å². The average molecular weight is 163 g/mol. The van der Waals surface area contributed by atoms with E-state index < -0.39 is 0 Å². The zero-order valence-electron chi connectivity index (χ0n) is 7.66. The summed E-state index contributed by atoms with van der Waals surface area (Å²) in [7, 11) is 0. The van der Waals surface area contributed by atoms with E-state index in [9.17, 15) is 0 Å². The van der Waals surface area contributed by atoms with E-state index >= 15 is 0 Å². The van der Waals surface area contributed by atoms with Crippen LogP contribution in [0.3, 0.4) is 0 Å². The minimum Gasteiger partial charge on any atom is -0.357 e. The topological polar surface area (TPSA) is 21.6 Å². The van der Waals surface area contributed by atoms with Crippen LogP contribution in [0.5, 0.6) is 5.75 Å². The molecule has 1 aromatic carbocycles. The molecule has 0 atom stereocenters. The van der Waals surface area contributed by atoms with Crippen molar-refractivity contribution < 1.29 is 4.84 Å². The third-order valence-corrected chi connectivity index (χ3v) is 1.74. The summed E-state index contributed by atoms with van der Waals surface area (Å²) in [4.78, 5) is 5.06. The quantitative estimate of drug-likeness (QED) is 0.485. The van der Waals surface area contributed by atoms with Crippen LogP contribution in [0.1, 0.15) is 18.1 Å². The summed E-state index contributed by atoms with van der Waals surface area (Å²) >= 11 is 0. The lowest BCUT2D eigenvalue weighted by molar-refractivity contribution is 0.343. The van der Waals surface area contributed by atoms with Crippen molar-refractivity contribution >= 4 is 6.21 Å². The number of hydrogen-bond donors (Lipinski definition) is 0. The van der Waals surface area contributed by atoms with Crippen molar-refractivity contribution in [3.63, 3.8) is 0 Å². The van der Waals surface area contributed by atoms with Crippen molar-refractivity contribution in [3.05, 3.63) is 29.3 Å². The molecule has 0 fully saturated rings. The SMILES string of the molecule is C/C=N/Oc1ccc(C)c(C)c1. The second-order valence-corrected chi connectivity index (χ2v) is 2.70. The number of benzene rings is 1. The van der Waals surface area contributed by atoms with Crippen LogP contribution in [0, 0.1) is 13.8 Å². The second-order valence-electron chi connectivity index (χ2n) is 2.70. The monoisotopic (exact) mass is 163 g/mol. The molecule has 0 saturated heterocycles. The molecule has 0 radical (unpaired) electrons. The Morgan fingerprint density at radius 3 is 2.58 bits per heavy atom. The minimum absolute atomic E-state index is 0.788. The highest BCUT2D eigenvalue weighted by Gasteiger charge is 1.95. The normalized spacial score (nSPS) is 10.6. The minimum atomic E-state index is 0.788. The molecule has 0 N–H and O–H groups in total. The van der Waals surface area contributed by atoms with Crippen LogP contribution >= 0.6 is 0 Å². The predicted octanol–water partition coefficient (Wildman–Crippen LogP) is 2.69. The summed E-state index contributed by atoms with van der Waals surface area (Å²) in [5.74, 6) is 0.788. The molecule has 1 rings (SSSR count). The summed E-state index contributed by atoms with van der Waals surface area (Å²) in [6.45, 7) is 5.95. The van der Waals surface area contributed by atoms with Crippen molar-refractivity contribution in [2.75, 3.05) is 0 Å². The zero-order chi connectivity index (χ0) is 8.97. The fourth-order valence-electron chi connectivity index (χ4n) is 0.884. The maximum absolute atomic E-state index is 5.06. The Kier molecular flexibility index (Phi) is 2.86. The van der Waals surface area contributed by atoms with Crippen molar-refractivity contribution in [2.24, 2.45) is 5.16 Å². The van der Waals surface area contributed by atoms with Crippen LogP contribution in [-0.2, 0) is 0 Å². The van der Waals surface area contributed by atoms with Gasteiger partial charge in [0.15, 0.2) is 5.75 Å². The van der Waals surface area contributed by atoms with E-state index in [0.717, 1.165) is 5.75 Å². The van der Waals surface area contributed by atoms with Crippen LogP contribution in [0.2, 0.25) is 0 Å². The lowest BCUT2D eigenvalue weighted by Crippen LogP contribution is -1.85. The van der Waals surface area contributed by atoms with E-state index in [1.54, 1.807) is 6.21 Å². The standard InChI is InChI=1S/C10H13NO/c1-4-11-12-10-6-5-8(2)9(3)7-10/h4-7H,1-3H3/b11-4+. The van der Waals surface area contributed by atoms with Crippen LogP contribution in [0.4, 0.5) is 0 Å². The molecule has 0 aliphatic carbocycles. The first-order chi connectivity index (χ1) is 5.74. The van der Waals surface area contributed by atoms with Crippen LogP contribution in [0.25, 0.3) is 0 Å². The lowest BCUT2D eigenvalue weighted by Gasteiger charge is -2.01. The Morgan fingerprint density at radius 1 is 1.25 bits per heavy atom. The molecule has 0 aliphatic heterocycles. The third-order valence-electron chi connectivity index (χ3n) is 1.74. The van der Waals surface area contributed by atoms with Gasteiger partial charge in [0, 0.05) is 6.21 Å². The summed E-state index contributed by atoms with van der Waals surface area (Å²) in [6, 6.07) is 5.91. The van der Waals surface area contributed by atoms with E-state index in [-0.39, 0.29) is 0 Å². The molecule has 0 aliphatic rings. The molecular weight excluding hydrogens is 150 g/mol. The highest BCUT2D eigenvalue weighted by atomic mass is 16.6. The van der Waals surface area contributed by atoms with Gasteiger partial charge >= 0.3 is 0 Å². The Labute approximate surface area is 72.9 Å². The summed E-state index contributed by atoms with van der Waals surface area (Å²) < 4.78 is 0. The molecule has 0 unspecified atom stereocenters. The van der Waals surface area contributed by atoms with Crippen LogP contribution < -0.4 is 4.84 Å². The maximum atomic E-state index is 5.06. The van der Waals surface area contributed by atoms with Crippen molar-refractivity contribution in [1.82, 2.24) is 0 Å². The average Bonchev–Trinajstić information content (AvgIpc) is 2.07. The number of nitrogens with zero attached hydrogens (tertiary/aromatic N) is 1. The fourth-order valence-corrected chi connectivity index (χ4v) is 0.884.